The Morgan fingerprint density at radius 2 is 2.33 bits per heavy atom. The quantitative estimate of drug-likeness (QED) is 0.560. The lowest BCUT2D eigenvalue weighted by Gasteiger charge is -2.05. The van der Waals surface area contributed by atoms with Crippen molar-refractivity contribution in [2.24, 2.45) is 5.73 Å². The molecule has 0 unspecified atom stereocenters. The van der Waals surface area contributed by atoms with Crippen molar-refractivity contribution in [3.05, 3.63) is 0 Å². The molecular formula is C6H13NO2. The fraction of sp³-hybridized carbons (Fsp3) is 0.833. The normalized spacial score (nSPS) is 12.8. The van der Waals surface area contributed by atoms with Crippen LogP contribution < -0.4 is 5.73 Å². The van der Waals surface area contributed by atoms with Crippen LogP contribution in [0.15, 0.2) is 0 Å². The van der Waals surface area contributed by atoms with Gasteiger partial charge in [0.05, 0.1) is 7.11 Å². The monoisotopic (exact) mass is 131 g/mol. The van der Waals surface area contributed by atoms with Gasteiger partial charge in [-0.2, -0.15) is 0 Å². The summed E-state index contributed by atoms with van der Waals surface area (Å²) in [6, 6.07) is -0.431. The van der Waals surface area contributed by atoms with Crippen LogP contribution in [0.2, 0.25) is 0 Å². The van der Waals surface area contributed by atoms with Crippen molar-refractivity contribution < 1.29 is 9.53 Å². The van der Waals surface area contributed by atoms with Gasteiger partial charge in [0.15, 0.2) is 0 Å². The van der Waals surface area contributed by atoms with Gasteiger partial charge in [-0.15, -0.1) is 0 Å². The molecule has 1 atom stereocenters. The largest absolute Gasteiger partial charge is 0.468 e. The summed E-state index contributed by atoms with van der Waals surface area (Å²) >= 11 is 0. The standard InChI is InChI=1S/C6H13NO2/c1-3-4-5(7)6(8)9-2/h5H,3-4,7H2,1-2H3/t5-/m0/s1. The van der Waals surface area contributed by atoms with Crippen LogP contribution in [-0.2, 0) is 9.53 Å². The number of nitrogens with two attached hydrogens (primary N) is 1. The molecule has 0 saturated heterocycles. The fourth-order valence-corrected chi connectivity index (χ4v) is 0.580. The maximum atomic E-state index is 10.6. The van der Waals surface area contributed by atoms with Crippen LogP contribution in [0.5, 0.6) is 0 Å². The van der Waals surface area contributed by atoms with Crippen LogP contribution >= 0.6 is 0 Å². The summed E-state index contributed by atoms with van der Waals surface area (Å²) in [6.45, 7) is 1.98. The first-order chi connectivity index (χ1) is 4.22. The zero-order chi connectivity index (χ0) is 7.28. The first-order valence-corrected chi connectivity index (χ1v) is 3.05. The average Bonchev–Trinajstić information content (AvgIpc) is 1.87. The minimum absolute atomic E-state index is 0.322. The van der Waals surface area contributed by atoms with Crippen LogP contribution in [-0.4, -0.2) is 19.1 Å². The molecule has 3 nitrogen and oxygen atoms in total. The lowest BCUT2D eigenvalue weighted by atomic mass is 10.2. The van der Waals surface area contributed by atoms with Gasteiger partial charge >= 0.3 is 5.97 Å². The maximum absolute atomic E-state index is 10.6. The third-order valence-corrected chi connectivity index (χ3v) is 1.10. The molecule has 0 aromatic rings. The molecule has 54 valence electrons. The van der Waals surface area contributed by atoms with E-state index in [-0.39, 0.29) is 5.97 Å². The molecule has 0 radical (unpaired) electrons. The third kappa shape index (κ3) is 3.08. The van der Waals surface area contributed by atoms with Gasteiger partial charge in [-0.05, 0) is 6.42 Å². The Morgan fingerprint density at radius 3 is 2.67 bits per heavy atom. The second-order valence-electron chi connectivity index (χ2n) is 1.92. The predicted molar refractivity (Wildman–Crippen MR) is 34.9 cm³/mol. The lowest BCUT2D eigenvalue weighted by Crippen LogP contribution is -2.31. The molecule has 9 heavy (non-hydrogen) atoms. The molecule has 0 spiro atoms. The second-order valence-corrected chi connectivity index (χ2v) is 1.92. The van der Waals surface area contributed by atoms with E-state index in [1.807, 2.05) is 6.92 Å². The van der Waals surface area contributed by atoms with E-state index in [1.54, 1.807) is 0 Å². The minimum atomic E-state index is -0.431. The van der Waals surface area contributed by atoms with E-state index in [0.717, 1.165) is 6.42 Å². The molecule has 0 amide bonds. The van der Waals surface area contributed by atoms with Crippen molar-refractivity contribution in [3.8, 4) is 0 Å². The topological polar surface area (TPSA) is 52.3 Å². The number of methoxy groups -OCH3 is 1. The molecule has 3 heteroatoms. The molecule has 2 N–H and O–H groups in total. The Labute approximate surface area is 55.2 Å². The summed E-state index contributed by atoms with van der Waals surface area (Å²) in [5, 5.41) is 0. The summed E-state index contributed by atoms with van der Waals surface area (Å²) in [5.74, 6) is -0.322. The molecule has 0 saturated carbocycles. The highest BCUT2D eigenvalue weighted by atomic mass is 16.5. The van der Waals surface area contributed by atoms with Crippen LogP contribution in [0.1, 0.15) is 19.8 Å². The van der Waals surface area contributed by atoms with Gasteiger partial charge in [-0.3, -0.25) is 4.79 Å². The number of rotatable bonds is 3. The smallest absolute Gasteiger partial charge is 0.322 e. The van der Waals surface area contributed by atoms with E-state index >= 15 is 0 Å². The summed E-state index contributed by atoms with van der Waals surface area (Å²) in [6.07, 6.45) is 1.61. The molecule has 0 heterocycles. The van der Waals surface area contributed by atoms with Gasteiger partial charge in [0.1, 0.15) is 6.04 Å². The number of hydrogen-bond donors (Lipinski definition) is 1. The molecule has 0 aliphatic carbocycles. The first-order valence-electron chi connectivity index (χ1n) is 3.05. The summed E-state index contributed by atoms with van der Waals surface area (Å²) in [5.41, 5.74) is 5.36. The number of ether oxygens (including phenoxy) is 1. The summed E-state index contributed by atoms with van der Waals surface area (Å²) < 4.78 is 4.40. The van der Waals surface area contributed by atoms with Gasteiger partial charge in [-0.1, -0.05) is 13.3 Å². The fourth-order valence-electron chi connectivity index (χ4n) is 0.580. The van der Waals surface area contributed by atoms with E-state index in [0.29, 0.717) is 6.42 Å². The van der Waals surface area contributed by atoms with Crippen LogP contribution in [0.3, 0.4) is 0 Å². The summed E-state index contributed by atoms with van der Waals surface area (Å²) in [4.78, 5) is 10.6. The SMILES string of the molecule is CCC[C@H](N)C(=O)OC. The highest BCUT2D eigenvalue weighted by Gasteiger charge is 2.10. The molecule has 0 rings (SSSR count). The number of hydrogen-bond acceptors (Lipinski definition) is 3. The van der Waals surface area contributed by atoms with Gasteiger partial charge in [0, 0.05) is 0 Å². The zero-order valence-electron chi connectivity index (χ0n) is 5.89. The van der Waals surface area contributed by atoms with E-state index in [4.69, 9.17) is 5.73 Å². The van der Waals surface area contributed by atoms with Gasteiger partial charge in [0.2, 0.25) is 0 Å². The van der Waals surface area contributed by atoms with Gasteiger partial charge in [-0.25, -0.2) is 0 Å². The predicted octanol–water partition coefficient (Wildman–Crippen LogP) is 0.287. The zero-order valence-corrected chi connectivity index (χ0v) is 5.89. The van der Waals surface area contributed by atoms with E-state index in [2.05, 4.69) is 4.74 Å². The van der Waals surface area contributed by atoms with Gasteiger partial charge < -0.3 is 10.5 Å². The van der Waals surface area contributed by atoms with Crippen molar-refractivity contribution in [1.29, 1.82) is 0 Å². The first kappa shape index (κ1) is 8.43. The Bertz CT molecular complexity index is 93.1. The molecule has 0 bridgehead atoms. The lowest BCUT2D eigenvalue weighted by molar-refractivity contribution is -0.142. The molecule has 0 aliphatic heterocycles. The maximum Gasteiger partial charge on any atom is 0.322 e. The number of esters is 1. The second kappa shape index (κ2) is 4.32. The summed E-state index contributed by atoms with van der Waals surface area (Å²) in [7, 11) is 1.35. The van der Waals surface area contributed by atoms with Crippen LogP contribution in [0.25, 0.3) is 0 Å². The molecular weight excluding hydrogens is 118 g/mol. The van der Waals surface area contributed by atoms with Crippen molar-refractivity contribution in [2.45, 2.75) is 25.8 Å². The van der Waals surface area contributed by atoms with E-state index in [1.165, 1.54) is 7.11 Å². The van der Waals surface area contributed by atoms with Crippen LogP contribution in [0.4, 0.5) is 0 Å². The number of carbonyl (C=O) groups excluding carboxylic acids is 1. The van der Waals surface area contributed by atoms with Crippen molar-refractivity contribution in [1.82, 2.24) is 0 Å². The van der Waals surface area contributed by atoms with E-state index in [9.17, 15) is 4.79 Å². The molecule has 0 fully saturated rings. The Kier molecular flexibility index (Phi) is 4.05. The average molecular weight is 131 g/mol. The Hall–Kier alpha value is -0.570. The van der Waals surface area contributed by atoms with Crippen LogP contribution in [0, 0.1) is 0 Å². The highest BCUT2D eigenvalue weighted by Crippen LogP contribution is 1.93. The molecule has 0 aliphatic rings. The Balaban J connectivity index is 3.45. The third-order valence-electron chi connectivity index (χ3n) is 1.10. The molecule has 0 aromatic carbocycles. The minimum Gasteiger partial charge on any atom is -0.468 e. The van der Waals surface area contributed by atoms with E-state index < -0.39 is 6.04 Å². The van der Waals surface area contributed by atoms with Crippen molar-refractivity contribution in [3.63, 3.8) is 0 Å². The van der Waals surface area contributed by atoms with Crippen molar-refractivity contribution in [2.75, 3.05) is 7.11 Å². The highest BCUT2D eigenvalue weighted by molar-refractivity contribution is 5.75. The number of carbonyl (C=O) groups is 1. The Morgan fingerprint density at radius 1 is 1.78 bits per heavy atom. The van der Waals surface area contributed by atoms with Crippen molar-refractivity contribution >= 4 is 5.97 Å². The molecule has 0 aromatic heterocycles. The van der Waals surface area contributed by atoms with Gasteiger partial charge in [0.25, 0.3) is 0 Å².